The first kappa shape index (κ1) is 12.6. The normalized spacial score (nSPS) is 19.7. The van der Waals surface area contributed by atoms with Gasteiger partial charge < -0.3 is 10.1 Å². The molecule has 1 fully saturated rings. The summed E-state index contributed by atoms with van der Waals surface area (Å²) in [7, 11) is 0. The highest BCUT2D eigenvalue weighted by atomic mass is 16.5. The van der Waals surface area contributed by atoms with Crippen LogP contribution in [0.25, 0.3) is 0 Å². The highest BCUT2D eigenvalue weighted by Gasteiger charge is 2.13. The molecule has 0 aromatic heterocycles. The molecule has 94 valence electrons. The van der Waals surface area contributed by atoms with Gasteiger partial charge in [-0.25, -0.2) is 0 Å². The molecule has 0 aliphatic carbocycles. The summed E-state index contributed by atoms with van der Waals surface area (Å²) >= 11 is 0. The Morgan fingerprint density at radius 3 is 3.00 bits per heavy atom. The first-order valence-corrected chi connectivity index (χ1v) is 6.73. The molecule has 0 radical (unpaired) electrons. The Labute approximate surface area is 104 Å². The van der Waals surface area contributed by atoms with Crippen LogP contribution in [0.3, 0.4) is 0 Å². The Morgan fingerprint density at radius 1 is 1.35 bits per heavy atom. The smallest absolute Gasteiger partial charge is 0.0700 e. The zero-order valence-corrected chi connectivity index (χ0v) is 10.7. The van der Waals surface area contributed by atoms with E-state index in [1.807, 2.05) is 0 Å². The van der Waals surface area contributed by atoms with E-state index in [1.54, 1.807) is 0 Å². The van der Waals surface area contributed by atoms with Gasteiger partial charge in [-0.3, -0.25) is 0 Å². The van der Waals surface area contributed by atoms with Gasteiger partial charge in [-0.05, 0) is 50.3 Å². The summed E-state index contributed by atoms with van der Waals surface area (Å²) in [6.07, 6.45) is 5.30. The third-order valence-electron chi connectivity index (χ3n) is 3.46. The van der Waals surface area contributed by atoms with Crippen molar-refractivity contribution in [1.82, 2.24) is 5.32 Å². The van der Waals surface area contributed by atoms with Crippen molar-refractivity contribution >= 4 is 0 Å². The van der Waals surface area contributed by atoms with Crippen LogP contribution in [0.15, 0.2) is 24.3 Å². The molecule has 0 saturated carbocycles. The Hall–Kier alpha value is -0.860. The number of rotatable bonds is 6. The van der Waals surface area contributed by atoms with Crippen molar-refractivity contribution in [2.75, 3.05) is 19.7 Å². The lowest BCUT2D eigenvalue weighted by Gasteiger charge is -2.11. The van der Waals surface area contributed by atoms with Crippen molar-refractivity contribution in [1.29, 1.82) is 0 Å². The van der Waals surface area contributed by atoms with Crippen LogP contribution in [0.5, 0.6) is 0 Å². The summed E-state index contributed by atoms with van der Waals surface area (Å²) in [5.41, 5.74) is 2.89. The molecule has 0 spiro atoms. The maximum absolute atomic E-state index is 5.57. The van der Waals surface area contributed by atoms with Crippen molar-refractivity contribution < 1.29 is 4.74 Å². The zero-order valence-electron chi connectivity index (χ0n) is 10.7. The second-order valence-corrected chi connectivity index (χ2v) is 4.87. The predicted octanol–water partition coefficient (Wildman–Crippen LogP) is 2.70. The number of hydrogen-bond donors (Lipinski definition) is 1. The first-order valence-electron chi connectivity index (χ1n) is 6.73. The van der Waals surface area contributed by atoms with Gasteiger partial charge in [-0.1, -0.05) is 24.3 Å². The molecule has 1 heterocycles. The van der Waals surface area contributed by atoms with E-state index in [4.69, 9.17) is 4.74 Å². The SMILES string of the molecule is Cc1ccccc1CCCNCC1CCCO1. The highest BCUT2D eigenvalue weighted by molar-refractivity contribution is 5.25. The summed E-state index contributed by atoms with van der Waals surface area (Å²) in [5, 5.41) is 3.49. The van der Waals surface area contributed by atoms with E-state index in [-0.39, 0.29) is 0 Å². The number of aryl methyl sites for hydroxylation is 2. The lowest BCUT2D eigenvalue weighted by molar-refractivity contribution is 0.110. The van der Waals surface area contributed by atoms with Crippen molar-refractivity contribution in [3.05, 3.63) is 35.4 Å². The fourth-order valence-electron chi connectivity index (χ4n) is 2.36. The largest absolute Gasteiger partial charge is 0.377 e. The molecule has 1 aromatic carbocycles. The second kappa shape index (κ2) is 6.77. The lowest BCUT2D eigenvalue weighted by atomic mass is 10.0. The van der Waals surface area contributed by atoms with Crippen LogP contribution in [0.4, 0.5) is 0 Å². The molecule has 2 heteroatoms. The third-order valence-corrected chi connectivity index (χ3v) is 3.46. The number of ether oxygens (including phenoxy) is 1. The van der Waals surface area contributed by atoms with Gasteiger partial charge in [0.2, 0.25) is 0 Å². The molecule has 1 aromatic rings. The van der Waals surface area contributed by atoms with Gasteiger partial charge in [0.25, 0.3) is 0 Å². The quantitative estimate of drug-likeness (QED) is 0.763. The summed E-state index contributed by atoms with van der Waals surface area (Å²) in [4.78, 5) is 0. The summed E-state index contributed by atoms with van der Waals surface area (Å²) < 4.78 is 5.57. The van der Waals surface area contributed by atoms with Crippen molar-refractivity contribution in [3.8, 4) is 0 Å². The topological polar surface area (TPSA) is 21.3 Å². The van der Waals surface area contributed by atoms with E-state index in [9.17, 15) is 0 Å². The van der Waals surface area contributed by atoms with Crippen LogP contribution in [-0.2, 0) is 11.2 Å². The Kier molecular flexibility index (Phi) is 5.02. The van der Waals surface area contributed by atoms with E-state index >= 15 is 0 Å². The van der Waals surface area contributed by atoms with Gasteiger partial charge >= 0.3 is 0 Å². The average Bonchev–Trinajstić information content (AvgIpc) is 2.84. The molecular formula is C15H23NO. The summed E-state index contributed by atoms with van der Waals surface area (Å²) in [6, 6.07) is 8.65. The summed E-state index contributed by atoms with van der Waals surface area (Å²) in [6.45, 7) is 5.26. The molecule has 2 rings (SSSR count). The molecule has 1 aliphatic rings. The second-order valence-electron chi connectivity index (χ2n) is 4.87. The Bertz CT molecular complexity index is 331. The van der Waals surface area contributed by atoms with Gasteiger partial charge in [0, 0.05) is 13.2 Å². The molecule has 1 N–H and O–H groups in total. The minimum atomic E-state index is 0.466. The van der Waals surface area contributed by atoms with Crippen LogP contribution in [-0.4, -0.2) is 25.8 Å². The lowest BCUT2D eigenvalue weighted by Crippen LogP contribution is -2.27. The summed E-state index contributed by atoms with van der Waals surface area (Å²) in [5.74, 6) is 0. The number of hydrogen-bond acceptors (Lipinski definition) is 2. The molecule has 1 saturated heterocycles. The van der Waals surface area contributed by atoms with Gasteiger partial charge in [-0.2, -0.15) is 0 Å². The molecular weight excluding hydrogens is 210 g/mol. The highest BCUT2D eigenvalue weighted by Crippen LogP contribution is 2.11. The van der Waals surface area contributed by atoms with Crippen LogP contribution in [0, 0.1) is 6.92 Å². The van der Waals surface area contributed by atoms with Gasteiger partial charge in [0.15, 0.2) is 0 Å². The van der Waals surface area contributed by atoms with Crippen molar-refractivity contribution in [3.63, 3.8) is 0 Å². The zero-order chi connectivity index (χ0) is 11.9. The molecule has 1 unspecified atom stereocenters. The molecule has 1 atom stereocenters. The fourth-order valence-corrected chi connectivity index (χ4v) is 2.36. The predicted molar refractivity (Wildman–Crippen MR) is 71.3 cm³/mol. The minimum Gasteiger partial charge on any atom is -0.377 e. The first-order chi connectivity index (χ1) is 8.36. The van der Waals surface area contributed by atoms with Gasteiger partial charge in [0.05, 0.1) is 6.10 Å². The molecule has 0 bridgehead atoms. The van der Waals surface area contributed by atoms with Crippen molar-refractivity contribution in [2.24, 2.45) is 0 Å². The monoisotopic (exact) mass is 233 g/mol. The Morgan fingerprint density at radius 2 is 2.24 bits per heavy atom. The van der Waals surface area contributed by atoms with Crippen LogP contribution < -0.4 is 5.32 Å². The van der Waals surface area contributed by atoms with Crippen LogP contribution >= 0.6 is 0 Å². The maximum Gasteiger partial charge on any atom is 0.0700 e. The standard InChI is InChI=1S/C15H23NO/c1-13-6-2-3-7-14(13)8-4-10-16-12-15-9-5-11-17-15/h2-3,6-7,15-16H,4-5,8-12H2,1H3. The Balaban J connectivity index is 1.58. The fraction of sp³-hybridized carbons (Fsp3) is 0.600. The van der Waals surface area contributed by atoms with Crippen molar-refractivity contribution in [2.45, 2.75) is 38.7 Å². The molecule has 17 heavy (non-hydrogen) atoms. The van der Waals surface area contributed by atoms with E-state index in [1.165, 1.54) is 36.8 Å². The molecule has 1 aliphatic heterocycles. The van der Waals surface area contributed by atoms with E-state index in [0.717, 1.165) is 19.7 Å². The number of nitrogens with one attached hydrogen (secondary N) is 1. The maximum atomic E-state index is 5.57. The average molecular weight is 233 g/mol. The number of benzene rings is 1. The van der Waals surface area contributed by atoms with E-state index in [2.05, 4.69) is 36.5 Å². The molecule has 0 amide bonds. The third kappa shape index (κ3) is 4.14. The minimum absolute atomic E-state index is 0.466. The van der Waals surface area contributed by atoms with E-state index in [0.29, 0.717) is 6.10 Å². The van der Waals surface area contributed by atoms with Crippen LogP contribution in [0.2, 0.25) is 0 Å². The molecule has 2 nitrogen and oxygen atoms in total. The van der Waals surface area contributed by atoms with E-state index < -0.39 is 0 Å². The van der Waals surface area contributed by atoms with Crippen LogP contribution in [0.1, 0.15) is 30.4 Å². The van der Waals surface area contributed by atoms with Gasteiger partial charge in [-0.15, -0.1) is 0 Å². The van der Waals surface area contributed by atoms with Gasteiger partial charge in [0.1, 0.15) is 0 Å².